The number of aryl methyl sites for hydroxylation is 2. The monoisotopic (exact) mass is 686 g/mol. The molecule has 1 atom stereocenters. The molecule has 0 saturated carbocycles. The van der Waals surface area contributed by atoms with E-state index in [2.05, 4.69) is 206 Å². The maximum Gasteiger partial charge on any atom is 0.0464 e. The molecule has 9 rings (SSSR count). The Labute approximate surface area is 315 Å². The minimum atomic E-state index is -0.00530. The Kier molecular flexibility index (Phi) is 8.27. The summed E-state index contributed by atoms with van der Waals surface area (Å²) in [6.07, 6.45) is 4.50. The zero-order chi connectivity index (χ0) is 36.0. The first-order chi connectivity index (χ1) is 25.9. The molecule has 0 aliphatic heterocycles. The molecule has 0 aromatic heterocycles. The van der Waals surface area contributed by atoms with Gasteiger partial charge in [-0.05, 0) is 143 Å². The molecule has 2 heteroatoms. The smallest absolute Gasteiger partial charge is 0.0464 e. The van der Waals surface area contributed by atoms with Crippen LogP contribution >= 0.6 is 0 Å². The molecule has 2 aliphatic carbocycles. The van der Waals surface area contributed by atoms with E-state index in [4.69, 9.17) is 0 Å². The normalized spacial score (nSPS) is 16.0. The number of hydrogen-bond acceptors (Lipinski definition) is 2. The summed E-state index contributed by atoms with van der Waals surface area (Å²) in [5.41, 5.74) is 16.9. The quantitative estimate of drug-likeness (QED) is 0.165. The molecule has 2 nitrogen and oxygen atoms in total. The van der Waals surface area contributed by atoms with Crippen LogP contribution < -0.4 is 9.80 Å². The fraction of sp³-hybridized carbons (Fsp3) is 0.176. The topological polar surface area (TPSA) is 6.48 Å². The first-order valence-electron chi connectivity index (χ1n) is 19.1. The lowest BCUT2D eigenvalue weighted by Gasteiger charge is -2.32. The van der Waals surface area contributed by atoms with Crippen LogP contribution in [0.2, 0.25) is 0 Å². The fourth-order valence-corrected chi connectivity index (χ4v) is 8.83. The fourth-order valence-electron chi connectivity index (χ4n) is 8.83. The van der Waals surface area contributed by atoms with Crippen LogP contribution in [0.4, 0.5) is 34.1 Å². The average molecular weight is 687 g/mol. The number of benzene rings is 7. The summed E-state index contributed by atoms with van der Waals surface area (Å²) >= 11 is 0. The zero-order valence-corrected chi connectivity index (χ0v) is 31.0. The molecule has 0 N–H and O–H groups in total. The molecule has 0 heterocycles. The molecule has 260 valence electrons. The van der Waals surface area contributed by atoms with Crippen molar-refractivity contribution in [1.29, 1.82) is 0 Å². The van der Waals surface area contributed by atoms with Crippen molar-refractivity contribution >= 4 is 34.1 Å². The Hall–Kier alpha value is -5.86. The van der Waals surface area contributed by atoms with E-state index >= 15 is 0 Å². The van der Waals surface area contributed by atoms with Gasteiger partial charge in [0, 0.05) is 39.5 Å². The van der Waals surface area contributed by atoms with E-state index in [1.54, 1.807) is 0 Å². The number of fused-ring (bicyclic) bond motifs is 4. The molecule has 0 radical (unpaired) electrons. The van der Waals surface area contributed by atoms with E-state index in [0.29, 0.717) is 0 Å². The van der Waals surface area contributed by atoms with Crippen LogP contribution in [0.25, 0.3) is 11.1 Å². The second-order valence-corrected chi connectivity index (χ2v) is 15.8. The summed E-state index contributed by atoms with van der Waals surface area (Å²) in [6, 6.07) is 65.0. The van der Waals surface area contributed by atoms with Gasteiger partial charge in [-0.25, -0.2) is 0 Å². The summed E-state index contributed by atoms with van der Waals surface area (Å²) in [4.78, 5) is 4.85. The maximum atomic E-state index is 2.53. The molecule has 2 aliphatic rings. The number of rotatable bonds is 7. The third kappa shape index (κ3) is 6.03. The molecule has 0 amide bonds. The van der Waals surface area contributed by atoms with Crippen molar-refractivity contribution in [2.75, 3.05) is 9.80 Å². The van der Waals surface area contributed by atoms with Gasteiger partial charge in [0.05, 0.1) is 0 Å². The van der Waals surface area contributed by atoms with Crippen LogP contribution in [0.5, 0.6) is 0 Å². The summed E-state index contributed by atoms with van der Waals surface area (Å²) < 4.78 is 0. The standard InChI is InChI=1S/C51H46N2/c1-50(2,3)41-23-29-45(30-24-41)53(44-25-19-38(20-26-44)37-13-7-4-8-14-37)47-28-22-40-32-34-51(49(40)36-47)33-31-39-21-27-46(35-48(39)51)52(42-15-9-5-10-16-42)43-17-11-6-12-18-43/h4-30,35-36H,31-34H2,1-3H3/t51-/m1/s1. The predicted octanol–water partition coefficient (Wildman–Crippen LogP) is 13.8. The van der Waals surface area contributed by atoms with Gasteiger partial charge in [0.15, 0.2) is 0 Å². The van der Waals surface area contributed by atoms with E-state index in [9.17, 15) is 0 Å². The van der Waals surface area contributed by atoms with E-state index in [-0.39, 0.29) is 10.8 Å². The van der Waals surface area contributed by atoms with Gasteiger partial charge >= 0.3 is 0 Å². The van der Waals surface area contributed by atoms with Crippen molar-refractivity contribution in [2.24, 2.45) is 0 Å². The highest BCUT2D eigenvalue weighted by Gasteiger charge is 2.45. The molecule has 0 bridgehead atoms. The molecule has 0 saturated heterocycles. The summed E-state index contributed by atoms with van der Waals surface area (Å²) in [7, 11) is 0. The molecular formula is C51H46N2. The molecule has 0 fully saturated rings. The molecule has 7 aromatic carbocycles. The Morgan fingerprint density at radius 2 is 0.774 bits per heavy atom. The average Bonchev–Trinajstić information content (AvgIpc) is 3.76. The van der Waals surface area contributed by atoms with Crippen molar-refractivity contribution in [3.63, 3.8) is 0 Å². The Morgan fingerprint density at radius 1 is 0.396 bits per heavy atom. The predicted molar refractivity (Wildman–Crippen MR) is 224 cm³/mol. The van der Waals surface area contributed by atoms with Crippen LogP contribution in [0.3, 0.4) is 0 Å². The van der Waals surface area contributed by atoms with Crippen molar-refractivity contribution < 1.29 is 0 Å². The van der Waals surface area contributed by atoms with Gasteiger partial charge in [-0.15, -0.1) is 0 Å². The Bertz CT molecular complexity index is 2310. The first-order valence-corrected chi connectivity index (χ1v) is 19.1. The summed E-state index contributed by atoms with van der Waals surface area (Å²) in [5.74, 6) is 0. The van der Waals surface area contributed by atoms with Gasteiger partial charge in [0.1, 0.15) is 0 Å². The van der Waals surface area contributed by atoms with E-state index in [1.807, 2.05) is 0 Å². The second-order valence-electron chi connectivity index (χ2n) is 15.8. The third-order valence-electron chi connectivity index (χ3n) is 11.6. The number of nitrogens with zero attached hydrogens (tertiary/aromatic N) is 2. The lowest BCUT2D eigenvalue weighted by molar-refractivity contribution is 0.507. The van der Waals surface area contributed by atoms with E-state index < -0.39 is 0 Å². The minimum absolute atomic E-state index is 0.00530. The summed E-state index contributed by atoms with van der Waals surface area (Å²) in [5, 5.41) is 0. The third-order valence-corrected chi connectivity index (χ3v) is 11.6. The lowest BCUT2D eigenvalue weighted by Crippen LogP contribution is -2.22. The van der Waals surface area contributed by atoms with Gasteiger partial charge in [-0.3, -0.25) is 0 Å². The molecule has 53 heavy (non-hydrogen) atoms. The molecule has 0 unspecified atom stereocenters. The van der Waals surface area contributed by atoms with Crippen molar-refractivity contribution in [3.05, 3.63) is 204 Å². The van der Waals surface area contributed by atoms with Crippen LogP contribution in [0.1, 0.15) is 61.4 Å². The van der Waals surface area contributed by atoms with E-state index in [1.165, 1.54) is 67.4 Å². The Morgan fingerprint density at radius 3 is 1.23 bits per heavy atom. The van der Waals surface area contributed by atoms with E-state index in [0.717, 1.165) is 31.4 Å². The first kappa shape index (κ1) is 33.0. The van der Waals surface area contributed by atoms with Crippen LogP contribution in [-0.2, 0) is 23.7 Å². The molecule has 1 spiro atoms. The van der Waals surface area contributed by atoms with Crippen LogP contribution in [-0.4, -0.2) is 0 Å². The summed E-state index contributed by atoms with van der Waals surface area (Å²) in [6.45, 7) is 6.85. The van der Waals surface area contributed by atoms with Gasteiger partial charge < -0.3 is 9.80 Å². The highest BCUT2D eigenvalue weighted by molar-refractivity contribution is 5.81. The van der Waals surface area contributed by atoms with Gasteiger partial charge in [0.25, 0.3) is 0 Å². The van der Waals surface area contributed by atoms with Gasteiger partial charge in [-0.2, -0.15) is 0 Å². The highest BCUT2D eigenvalue weighted by Crippen LogP contribution is 2.55. The van der Waals surface area contributed by atoms with Crippen molar-refractivity contribution in [2.45, 2.75) is 57.3 Å². The van der Waals surface area contributed by atoms with Gasteiger partial charge in [-0.1, -0.05) is 124 Å². The highest BCUT2D eigenvalue weighted by atomic mass is 15.1. The largest absolute Gasteiger partial charge is 0.310 e. The number of hydrogen-bond donors (Lipinski definition) is 0. The number of para-hydroxylation sites is 2. The van der Waals surface area contributed by atoms with Gasteiger partial charge in [0.2, 0.25) is 0 Å². The van der Waals surface area contributed by atoms with Crippen LogP contribution in [0, 0.1) is 0 Å². The van der Waals surface area contributed by atoms with Crippen molar-refractivity contribution in [3.8, 4) is 11.1 Å². The molecular weight excluding hydrogens is 641 g/mol. The minimum Gasteiger partial charge on any atom is -0.310 e. The Balaban J connectivity index is 1.15. The lowest BCUT2D eigenvalue weighted by atomic mass is 9.76. The van der Waals surface area contributed by atoms with Crippen molar-refractivity contribution in [1.82, 2.24) is 0 Å². The van der Waals surface area contributed by atoms with Crippen LogP contribution in [0.15, 0.2) is 176 Å². The second kappa shape index (κ2) is 13.3. The zero-order valence-electron chi connectivity index (χ0n) is 31.0. The number of anilines is 6. The molecule has 7 aromatic rings. The SMILES string of the molecule is CC(C)(C)c1ccc(N(c2ccc(-c3ccccc3)cc2)c2ccc3c(c2)[C@]2(CCc4ccc(N(c5ccccc5)c5ccccc5)cc42)CC3)cc1. The maximum absolute atomic E-state index is 2.53.